The van der Waals surface area contributed by atoms with Crippen LogP contribution in [0.3, 0.4) is 0 Å². The standard InChI is InChI=1S/C3H8N2O.CH4O3S/c4-2-1-3(5)6;1-5(2,3)4/h1-2,4H2,(H2,5,6);1H3,(H,2,3,4). The molecule has 68 valence electrons. The van der Waals surface area contributed by atoms with Crippen molar-refractivity contribution in [2.45, 2.75) is 6.42 Å². The maximum absolute atomic E-state index is 9.74. The summed E-state index contributed by atoms with van der Waals surface area (Å²) < 4.78 is 25.9. The number of rotatable bonds is 2. The topological polar surface area (TPSA) is 123 Å². The maximum Gasteiger partial charge on any atom is 0.261 e. The van der Waals surface area contributed by atoms with E-state index in [1.807, 2.05) is 0 Å². The van der Waals surface area contributed by atoms with Crippen LogP contribution in [0.1, 0.15) is 6.42 Å². The zero-order chi connectivity index (χ0) is 9.49. The molecule has 0 aromatic rings. The summed E-state index contributed by atoms with van der Waals surface area (Å²) >= 11 is 0. The quantitative estimate of drug-likeness (QED) is 0.442. The molecule has 6 nitrogen and oxygen atoms in total. The molecule has 0 unspecified atom stereocenters. The van der Waals surface area contributed by atoms with Crippen LogP contribution in [0, 0.1) is 0 Å². The first-order chi connectivity index (χ1) is 4.77. The van der Waals surface area contributed by atoms with Gasteiger partial charge < -0.3 is 11.5 Å². The highest BCUT2D eigenvalue weighted by atomic mass is 32.2. The van der Waals surface area contributed by atoms with Gasteiger partial charge in [0.1, 0.15) is 0 Å². The van der Waals surface area contributed by atoms with E-state index in [1.165, 1.54) is 0 Å². The minimum absolute atomic E-state index is 0.292. The summed E-state index contributed by atoms with van der Waals surface area (Å²) in [4.78, 5) is 9.74. The third-order valence-electron chi connectivity index (χ3n) is 0.391. The Morgan fingerprint density at radius 2 is 1.82 bits per heavy atom. The molecule has 0 aliphatic rings. The smallest absolute Gasteiger partial charge is 0.261 e. The van der Waals surface area contributed by atoms with Crippen molar-refractivity contribution in [3.8, 4) is 0 Å². The minimum Gasteiger partial charge on any atom is -0.370 e. The molecule has 11 heavy (non-hydrogen) atoms. The van der Waals surface area contributed by atoms with Gasteiger partial charge in [-0.1, -0.05) is 0 Å². The Morgan fingerprint density at radius 1 is 1.55 bits per heavy atom. The predicted octanol–water partition coefficient (Wildman–Crippen LogP) is -1.68. The molecule has 0 atom stereocenters. The van der Waals surface area contributed by atoms with Crippen molar-refractivity contribution in [1.29, 1.82) is 0 Å². The van der Waals surface area contributed by atoms with Gasteiger partial charge in [0, 0.05) is 13.0 Å². The molecule has 7 heteroatoms. The SMILES string of the molecule is CS(=O)(=O)O.NCCC(N)=O. The molecule has 0 aliphatic carbocycles. The first-order valence-electron chi connectivity index (χ1n) is 2.68. The highest BCUT2D eigenvalue weighted by molar-refractivity contribution is 7.85. The van der Waals surface area contributed by atoms with Crippen LogP contribution < -0.4 is 11.5 Å². The molecule has 0 radical (unpaired) electrons. The van der Waals surface area contributed by atoms with Crippen molar-refractivity contribution in [2.75, 3.05) is 12.8 Å². The van der Waals surface area contributed by atoms with Crippen molar-refractivity contribution in [3.05, 3.63) is 0 Å². The van der Waals surface area contributed by atoms with Crippen molar-refractivity contribution < 1.29 is 17.8 Å². The predicted molar refractivity (Wildman–Crippen MR) is 40.3 cm³/mol. The first kappa shape index (κ1) is 13.0. The fraction of sp³-hybridized carbons (Fsp3) is 0.750. The molecular weight excluding hydrogens is 172 g/mol. The number of amides is 1. The first-order valence-corrected chi connectivity index (χ1v) is 4.53. The van der Waals surface area contributed by atoms with Gasteiger partial charge in [0.25, 0.3) is 10.1 Å². The van der Waals surface area contributed by atoms with Crippen LogP contribution in [0.15, 0.2) is 0 Å². The highest BCUT2D eigenvalue weighted by Crippen LogP contribution is 1.63. The fourth-order valence-electron chi connectivity index (χ4n) is 0.142. The van der Waals surface area contributed by atoms with E-state index in [-0.39, 0.29) is 5.91 Å². The van der Waals surface area contributed by atoms with E-state index in [4.69, 9.17) is 10.3 Å². The van der Waals surface area contributed by atoms with E-state index >= 15 is 0 Å². The molecule has 0 aromatic carbocycles. The van der Waals surface area contributed by atoms with Crippen LogP contribution in [-0.4, -0.2) is 31.7 Å². The van der Waals surface area contributed by atoms with Gasteiger partial charge in [-0.2, -0.15) is 8.42 Å². The lowest BCUT2D eigenvalue weighted by Gasteiger charge is -1.82. The number of hydrogen-bond acceptors (Lipinski definition) is 4. The van der Waals surface area contributed by atoms with Gasteiger partial charge in [0.2, 0.25) is 5.91 Å². The van der Waals surface area contributed by atoms with Gasteiger partial charge in [-0.15, -0.1) is 0 Å². The maximum atomic E-state index is 9.74. The molecule has 1 amide bonds. The second-order valence-corrected chi connectivity index (χ2v) is 3.20. The summed E-state index contributed by atoms with van der Waals surface area (Å²) in [5.74, 6) is -0.336. The Bertz CT molecular complexity index is 190. The monoisotopic (exact) mass is 184 g/mol. The molecule has 0 saturated heterocycles. The van der Waals surface area contributed by atoms with Gasteiger partial charge >= 0.3 is 0 Å². The van der Waals surface area contributed by atoms with E-state index in [0.717, 1.165) is 0 Å². The lowest BCUT2D eigenvalue weighted by molar-refractivity contribution is -0.117. The molecule has 0 spiro atoms. The molecule has 0 aromatic heterocycles. The normalized spacial score (nSPS) is 9.73. The Morgan fingerprint density at radius 3 is 1.82 bits per heavy atom. The van der Waals surface area contributed by atoms with Crippen LogP contribution in [0.4, 0.5) is 0 Å². The van der Waals surface area contributed by atoms with Gasteiger partial charge in [0.15, 0.2) is 0 Å². The van der Waals surface area contributed by atoms with E-state index in [9.17, 15) is 13.2 Å². The Labute approximate surface area is 65.3 Å². The van der Waals surface area contributed by atoms with E-state index in [1.54, 1.807) is 0 Å². The number of nitrogens with two attached hydrogens (primary N) is 2. The summed E-state index contributed by atoms with van der Waals surface area (Å²) in [5, 5.41) is 0. The van der Waals surface area contributed by atoms with Crippen LogP contribution in [0.25, 0.3) is 0 Å². The van der Waals surface area contributed by atoms with Gasteiger partial charge in [0.05, 0.1) is 6.26 Å². The van der Waals surface area contributed by atoms with Gasteiger partial charge in [-0.3, -0.25) is 9.35 Å². The fourth-order valence-corrected chi connectivity index (χ4v) is 0.142. The Balaban J connectivity index is 0. The molecule has 0 bridgehead atoms. The third kappa shape index (κ3) is 91.9. The molecule has 0 aliphatic heterocycles. The van der Waals surface area contributed by atoms with Crippen LogP contribution in [-0.2, 0) is 14.9 Å². The van der Waals surface area contributed by atoms with E-state index in [2.05, 4.69) is 5.73 Å². The van der Waals surface area contributed by atoms with Crippen LogP contribution in [0.2, 0.25) is 0 Å². The number of hydrogen-bond donors (Lipinski definition) is 3. The van der Waals surface area contributed by atoms with Crippen molar-refractivity contribution >= 4 is 16.0 Å². The van der Waals surface area contributed by atoms with Crippen LogP contribution in [0.5, 0.6) is 0 Å². The Hall–Kier alpha value is -0.660. The van der Waals surface area contributed by atoms with E-state index < -0.39 is 10.1 Å². The second-order valence-electron chi connectivity index (χ2n) is 1.74. The summed E-state index contributed by atoms with van der Waals surface area (Å²) in [7, 11) is -3.67. The number of carbonyl (C=O) groups is 1. The molecule has 0 heterocycles. The average molecular weight is 184 g/mol. The van der Waals surface area contributed by atoms with Crippen molar-refractivity contribution in [2.24, 2.45) is 11.5 Å². The molecule has 0 saturated carbocycles. The van der Waals surface area contributed by atoms with Gasteiger partial charge in [-0.25, -0.2) is 0 Å². The highest BCUT2D eigenvalue weighted by Gasteiger charge is 1.84. The summed E-state index contributed by atoms with van der Waals surface area (Å²) in [5.41, 5.74) is 9.61. The molecule has 0 rings (SSSR count). The minimum atomic E-state index is -3.67. The molecule has 5 N–H and O–H groups in total. The Kier molecular flexibility index (Phi) is 7.16. The number of primary amides is 1. The van der Waals surface area contributed by atoms with Crippen LogP contribution >= 0.6 is 0 Å². The number of carbonyl (C=O) groups excluding carboxylic acids is 1. The second kappa shape index (κ2) is 6.08. The average Bonchev–Trinajstić information content (AvgIpc) is 1.58. The summed E-state index contributed by atoms with van der Waals surface area (Å²) in [6.45, 7) is 0.356. The van der Waals surface area contributed by atoms with E-state index in [0.29, 0.717) is 19.2 Å². The summed E-state index contributed by atoms with van der Waals surface area (Å²) in [6, 6.07) is 0. The lowest BCUT2D eigenvalue weighted by Crippen LogP contribution is -2.15. The van der Waals surface area contributed by atoms with Crippen molar-refractivity contribution in [3.63, 3.8) is 0 Å². The zero-order valence-corrected chi connectivity index (χ0v) is 6.97. The largest absolute Gasteiger partial charge is 0.370 e. The van der Waals surface area contributed by atoms with Crippen molar-refractivity contribution in [1.82, 2.24) is 0 Å². The van der Waals surface area contributed by atoms with Gasteiger partial charge in [-0.05, 0) is 0 Å². The molecule has 0 fully saturated rings. The third-order valence-corrected chi connectivity index (χ3v) is 0.391. The zero-order valence-electron chi connectivity index (χ0n) is 6.15. The lowest BCUT2D eigenvalue weighted by atomic mass is 10.4. The molecular formula is C4H12N2O4S. The summed E-state index contributed by atoms with van der Waals surface area (Å²) in [6.07, 6.45) is 1.01.